The molecule has 0 bridgehead atoms. The normalized spacial score (nSPS) is 8.86. The molecule has 0 aromatic heterocycles. The lowest BCUT2D eigenvalue weighted by molar-refractivity contribution is -0.278. The topological polar surface area (TPSA) is 58.9 Å². The van der Waals surface area contributed by atoms with E-state index in [2.05, 4.69) is 4.89 Å². The number of phenolic OH excluding ortho intramolecular Hbond substituents is 1. The van der Waals surface area contributed by atoms with Crippen molar-refractivity contribution in [3.05, 3.63) is 23.8 Å². The molecule has 4 heteroatoms. The molecular formula is C10H16O4. The maximum Gasteiger partial charge on any atom is 0.221 e. The molecule has 1 aromatic rings. The van der Waals surface area contributed by atoms with Crippen LogP contribution in [0, 0.1) is 6.92 Å². The highest BCUT2D eigenvalue weighted by Crippen LogP contribution is 2.28. The number of rotatable bonds is 3. The van der Waals surface area contributed by atoms with Gasteiger partial charge in [-0.2, -0.15) is 4.89 Å². The molecule has 0 heterocycles. The summed E-state index contributed by atoms with van der Waals surface area (Å²) < 4.78 is 4.84. The van der Waals surface area contributed by atoms with Gasteiger partial charge in [-0.3, -0.25) is 0 Å². The first-order valence-corrected chi connectivity index (χ1v) is 4.43. The minimum atomic E-state index is -0.295. The average Bonchev–Trinajstić information content (AvgIpc) is 2.23. The van der Waals surface area contributed by atoms with Gasteiger partial charge in [-0.05, 0) is 18.6 Å². The molecule has 0 aliphatic carbocycles. The van der Waals surface area contributed by atoms with Gasteiger partial charge in [0.1, 0.15) is 0 Å². The molecule has 0 saturated carbocycles. The Morgan fingerprint density at radius 2 is 1.93 bits per heavy atom. The standard InChI is InChI=1S/C8H10O4.C2H6/c1-6-3-2-4-7(8(6)9)11-5-12-10;1-2/h2-4,9-10H,5H2,1H3;1-2H3. The van der Waals surface area contributed by atoms with E-state index in [0.29, 0.717) is 11.3 Å². The van der Waals surface area contributed by atoms with Crippen LogP contribution < -0.4 is 4.74 Å². The Morgan fingerprint density at radius 1 is 1.29 bits per heavy atom. The second-order valence-electron chi connectivity index (χ2n) is 2.31. The largest absolute Gasteiger partial charge is 0.504 e. The summed E-state index contributed by atoms with van der Waals surface area (Å²) in [5.41, 5.74) is 0.713. The van der Waals surface area contributed by atoms with Crippen molar-refractivity contribution in [2.24, 2.45) is 0 Å². The first-order valence-electron chi connectivity index (χ1n) is 4.43. The average molecular weight is 200 g/mol. The number of hydrogen-bond acceptors (Lipinski definition) is 4. The van der Waals surface area contributed by atoms with E-state index < -0.39 is 0 Å². The van der Waals surface area contributed by atoms with Crippen LogP contribution >= 0.6 is 0 Å². The highest BCUT2D eigenvalue weighted by Gasteiger charge is 2.03. The SMILES string of the molecule is CC.Cc1cccc(OCOO)c1O. The van der Waals surface area contributed by atoms with Gasteiger partial charge >= 0.3 is 0 Å². The van der Waals surface area contributed by atoms with E-state index in [9.17, 15) is 5.11 Å². The van der Waals surface area contributed by atoms with Crippen LogP contribution in [0.3, 0.4) is 0 Å². The van der Waals surface area contributed by atoms with Crippen molar-refractivity contribution in [3.63, 3.8) is 0 Å². The molecule has 0 unspecified atom stereocenters. The quantitative estimate of drug-likeness (QED) is 0.447. The molecule has 14 heavy (non-hydrogen) atoms. The summed E-state index contributed by atoms with van der Waals surface area (Å²) in [5, 5.41) is 17.3. The molecule has 0 atom stereocenters. The number of hydrogen-bond donors (Lipinski definition) is 2. The number of ether oxygens (including phenoxy) is 1. The number of phenols is 1. The van der Waals surface area contributed by atoms with E-state index in [1.807, 2.05) is 13.8 Å². The predicted molar refractivity (Wildman–Crippen MR) is 53.4 cm³/mol. The fourth-order valence-electron chi connectivity index (χ4n) is 0.838. The Hall–Kier alpha value is -1.26. The summed E-state index contributed by atoms with van der Waals surface area (Å²) >= 11 is 0. The second kappa shape index (κ2) is 7.17. The maximum absolute atomic E-state index is 9.36. The number of para-hydroxylation sites is 1. The van der Waals surface area contributed by atoms with Gasteiger partial charge < -0.3 is 9.84 Å². The van der Waals surface area contributed by atoms with E-state index in [4.69, 9.17) is 9.99 Å². The lowest BCUT2D eigenvalue weighted by Crippen LogP contribution is -1.99. The van der Waals surface area contributed by atoms with Crippen LogP contribution in [-0.4, -0.2) is 17.2 Å². The third-order valence-corrected chi connectivity index (χ3v) is 1.47. The van der Waals surface area contributed by atoms with Gasteiger partial charge in [-0.1, -0.05) is 26.0 Å². The lowest BCUT2D eigenvalue weighted by atomic mass is 10.2. The van der Waals surface area contributed by atoms with Crippen LogP contribution in [0.2, 0.25) is 0 Å². The summed E-state index contributed by atoms with van der Waals surface area (Å²) in [5.74, 6) is 0.360. The van der Waals surface area contributed by atoms with E-state index in [-0.39, 0.29) is 12.5 Å². The van der Waals surface area contributed by atoms with E-state index in [1.54, 1.807) is 25.1 Å². The first-order chi connectivity index (χ1) is 6.75. The summed E-state index contributed by atoms with van der Waals surface area (Å²) in [6.45, 7) is 5.46. The van der Waals surface area contributed by atoms with Crippen molar-refractivity contribution < 1.29 is 20.0 Å². The Bertz CT molecular complexity index is 260. The van der Waals surface area contributed by atoms with Crippen molar-refractivity contribution in [2.75, 3.05) is 6.79 Å². The van der Waals surface area contributed by atoms with Crippen molar-refractivity contribution in [3.8, 4) is 11.5 Å². The molecular weight excluding hydrogens is 184 g/mol. The van der Waals surface area contributed by atoms with E-state index >= 15 is 0 Å². The Labute approximate surface area is 83.6 Å². The van der Waals surface area contributed by atoms with Crippen LogP contribution in [0.25, 0.3) is 0 Å². The molecule has 1 rings (SSSR count). The van der Waals surface area contributed by atoms with Gasteiger partial charge in [0.05, 0.1) is 0 Å². The van der Waals surface area contributed by atoms with Crippen LogP contribution in [0.4, 0.5) is 0 Å². The minimum Gasteiger partial charge on any atom is -0.504 e. The molecule has 0 saturated heterocycles. The fraction of sp³-hybridized carbons (Fsp3) is 0.400. The Kier molecular flexibility index (Phi) is 6.53. The Balaban J connectivity index is 0.000000791. The van der Waals surface area contributed by atoms with Crippen molar-refractivity contribution in [2.45, 2.75) is 20.8 Å². The summed E-state index contributed by atoms with van der Waals surface area (Å²) in [7, 11) is 0. The maximum atomic E-state index is 9.36. The zero-order valence-electron chi connectivity index (χ0n) is 8.65. The van der Waals surface area contributed by atoms with Gasteiger partial charge in [-0.25, -0.2) is 5.26 Å². The molecule has 0 spiro atoms. The molecule has 4 nitrogen and oxygen atoms in total. The van der Waals surface area contributed by atoms with E-state index in [1.165, 1.54) is 0 Å². The molecule has 0 radical (unpaired) electrons. The van der Waals surface area contributed by atoms with Crippen LogP contribution in [0.15, 0.2) is 18.2 Å². The summed E-state index contributed by atoms with van der Waals surface area (Å²) in [6, 6.07) is 5.07. The predicted octanol–water partition coefficient (Wildman–Crippen LogP) is 2.55. The fourth-order valence-corrected chi connectivity index (χ4v) is 0.838. The second-order valence-corrected chi connectivity index (χ2v) is 2.31. The summed E-state index contributed by atoms with van der Waals surface area (Å²) in [6.07, 6.45) is 0. The van der Waals surface area contributed by atoms with Crippen LogP contribution in [0.1, 0.15) is 19.4 Å². The lowest BCUT2D eigenvalue weighted by Gasteiger charge is -2.06. The van der Waals surface area contributed by atoms with Gasteiger partial charge in [0, 0.05) is 0 Å². The van der Waals surface area contributed by atoms with Gasteiger partial charge in [-0.15, -0.1) is 0 Å². The highest BCUT2D eigenvalue weighted by atomic mass is 17.1. The molecule has 0 aliphatic heterocycles. The van der Waals surface area contributed by atoms with Crippen molar-refractivity contribution in [1.29, 1.82) is 0 Å². The molecule has 1 aromatic carbocycles. The smallest absolute Gasteiger partial charge is 0.221 e. The third-order valence-electron chi connectivity index (χ3n) is 1.47. The van der Waals surface area contributed by atoms with Crippen molar-refractivity contribution >= 4 is 0 Å². The number of benzene rings is 1. The van der Waals surface area contributed by atoms with Crippen molar-refractivity contribution in [1.82, 2.24) is 0 Å². The zero-order valence-corrected chi connectivity index (χ0v) is 8.65. The van der Waals surface area contributed by atoms with Crippen LogP contribution in [-0.2, 0) is 4.89 Å². The van der Waals surface area contributed by atoms with Crippen LogP contribution in [0.5, 0.6) is 11.5 Å². The highest BCUT2D eigenvalue weighted by molar-refractivity contribution is 5.44. The summed E-state index contributed by atoms with van der Waals surface area (Å²) in [4.78, 5) is 3.71. The van der Waals surface area contributed by atoms with Gasteiger partial charge in [0.15, 0.2) is 11.5 Å². The monoisotopic (exact) mass is 200 g/mol. The minimum absolute atomic E-state index is 0.0644. The number of aryl methyl sites for hydroxylation is 1. The molecule has 0 aliphatic rings. The third kappa shape index (κ3) is 3.64. The molecule has 0 amide bonds. The Morgan fingerprint density at radius 3 is 2.50 bits per heavy atom. The molecule has 80 valence electrons. The zero-order chi connectivity index (χ0) is 11.0. The molecule has 2 N–H and O–H groups in total. The first kappa shape index (κ1) is 12.7. The van der Waals surface area contributed by atoms with Gasteiger partial charge in [0.25, 0.3) is 0 Å². The number of aromatic hydroxyl groups is 1. The van der Waals surface area contributed by atoms with Gasteiger partial charge in [0.2, 0.25) is 6.79 Å². The van der Waals surface area contributed by atoms with E-state index in [0.717, 1.165) is 0 Å². The molecule has 0 fully saturated rings.